The van der Waals surface area contributed by atoms with Crippen LogP contribution in [0.25, 0.3) is 10.6 Å². The number of alkyl halides is 3. The third kappa shape index (κ3) is 3.68. The van der Waals surface area contributed by atoms with Crippen molar-refractivity contribution in [1.82, 2.24) is 9.97 Å². The first-order valence-electron chi connectivity index (χ1n) is 5.24. The standard InChI is InChI=1S/C11H9F3N2OS2/c12-11(13,14)9-6-7(8-2-1-4-18-8)15-10(16-9)19-5-3-17/h1-2,4,6,17H,3,5H2. The van der Waals surface area contributed by atoms with Crippen LogP contribution in [-0.2, 0) is 6.18 Å². The maximum absolute atomic E-state index is 12.8. The number of hydrogen-bond acceptors (Lipinski definition) is 5. The summed E-state index contributed by atoms with van der Waals surface area (Å²) in [7, 11) is 0. The number of aliphatic hydroxyl groups is 1. The van der Waals surface area contributed by atoms with Crippen LogP contribution in [0.1, 0.15) is 5.69 Å². The van der Waals surface area contributed by atoms with Gasteiger partial charge in [0.15, 0.2) is 5.16 Å². The van der Waals surface area contributed by atoms with Crippen LogP contribution in [0.2, 0.25) is 0 Å². The van der Waals surface area contributed by atoms with Gasteiger partial charge in [-0.15, -0.1) is 11.3 Å². The maximum atomic E-state index is 12.8. The highest BCUT2D eigenvalue weighted by Crippen LogP contribution is 2.33. The third-order valence-corrected chi connectivity index (χ3v) is 3.81. The van der Waals surface area contributed by atoms with Crippen molar-refractivity contribution in [3.8, 4) is 10.6 Å². The van der Waals surface area contributed by atoms with E-state index in [9.17, 15) is 13.2 Å². The topological polar surface area (TPSA) is 46.0 Å². The average Bonchev–Trinajstić information content (AvgIpc) is 2.89. The Morgan fingerprint density at radius 3 is 2.68 bits per heavy atom. The largest absolute Gasteiger partial charge is 0.433 e. The van der Waals surface area contributed by atoms with Crippen LogP contribution in [0.15, 0.2) is 28.7 Å². The molecule has 0 aromatic carbocycles. The highest BCUT2D eigenvalue weighted by molar-refractivity contribution is 7.99. The van der Waals surface area contributed by atoms with Crippen molar-refractivity contribution in [1.29, 1.82) is 0 Å². The second-order valence-corrected chi connectivity index (χ2v) is 5.48. The summed E-state index contributed by atoms with van der Waals surface area (Å²) in [6.45, 7) is -0.140. The third-order valence-electron chi connectivity index (χ3n) is 2.09. The Hall–Kier alpha value is -1.12. The zero-order chi connectivity index (χ0) is 13.9. The number of thioether (sulfide) groups is 1. The molecular formula is C11H9F3N2OS2. The lowest BCUT2D eigenvalue weighted by molar-refractivity contribution is -0.141. The molecule has 2 aromatic heterocycles. The van der Waals surface area contributed by atoms with Crippen molar-refractivity contribution < 1.29 is 18.3 Å². The molecule has 1 N–H and O–H groups in total. The number of halogens is 3. The Labute approximate surface area is 115 Å². The Morgan fingerprint density at radius 2 is 2.11 bits per heavy atom. The molecular weight excluding hydrogens is 297 g/mol. The molecule has 0 fully saturated rings. The van der Waals surface area contributed by atoms with E-state index in [0.717, 1.165) is 17.8 Å². The van der Waals surface area contributed by atoms with Crippen molar-refractivity contribution in [2.24, 2.45) is 0 Å². The molecule has 0 aliphatic heterocycles. The van der Waals surface area contributed by atoms with Crippen molar-refractivity contribution in [3.05, 3.63) is 29.3 Å². The van der Waals surface area contributed by atoms with Crippen molar-refractivity contribution in [2.45, 2.75) is 11.3 Å². The minimum Gasteiger partial charge on any atom is -0.396 e. The molecule has 2 rings (SSSR count). The molecule has 102 valence electrons. The molecule has 19 heavy (non-hydrogen) atoms. The van der Waals surface area contributed by atoms with Crippen LogP contribution in [0.5, 0.6) is 0 Å². The first-order chi connectivity index (χ1) is 9.00. The van der Waals surface area contributed by atoms with Gasteiger partial charge in [0.2, 0.25) is 0 Å². The Morgan fingerprint density at radius 1 is 1.32 bits per heavy atom. The van der Waals surface area contributed by atoms with Gasteiger partial charge in [0.1, 0.15) is 5.69 Å². The SMILES string of the molecule is OCCSc1nc(-c2cccs2)cc(C(F)(F)F)n1. The monoisotopic (exact) mass is 306 g/mol. The molecule has 0 amide bonds. The lowest BCUT2D eigenvalue weighted by Crippen LogP contribution is -2.10. The van der Waals surface area contributed by atoms with Crippen LogP contribution in [0.4, 0.5) is 13.2 Å². The van der Waals surface area contributed by atoms with E-state index in [1.54, 1.807) is 17.5 Å². The molecule has 0 radical (unpaired) electrons. The van der Waals surface area contributed by atoms with Gasteiger partial charge in [0.25, 0.3) is 0 Å². The molecule has 0 unspecified atom stereocenters. The lowest BCUT2D eigenvalue weighted by Gasteiger charge is -2.09. The average molecular weight is 306 g/mol. The van der Waals surface area contributed by atoms with E-state index < -0.39 is 11.9 Å². The normalized spacial score (nSPS) is 11.8. The van der Waals surface area contributed by atoms with E-state index in [1.807, 2.05) is 0 Å². The Kier molecular flexibility index (Phi) is 4.43. The molecule has 0 aliphatic carbocycles. The summed E-state index contributed by atoms with van der Waals surface area (Å²) in [5.41, 5.74) is -0.718. The quantitative estimate of drug-likeness (QED) is 0.695. The fourth-order valence-corrected chi connectivity index (χ4v) is 2.61. The summed E-state index contributed by atoms with van der Waals surface area (Å²) in [6, 6.07) is 4.39. The number of thiophene rings is 1. The molecule has 0 bridgehead atoms. The van der Waals surface area contributed by atoms with Crippen molar-refractivity contribution >= 4 is 23.1 Å². The number of rotatable bonds is 4. The zero-order valence-corrected chi connectivity index (χ0v) is 11.1. The number of aromatic nitrogens is 2. The summed E-state index contributed by atoms with van der Waals surface area (Å²) >= 11 is 2.31. The summed E-state index contributed by atoms with van der Waals surface area (Å²) < 4.78 is 38.3. The first kappa shape index (κ1) is 14.3. The van der Waals surface area contributed by atoms with Gasteiger partial charge in [-0.25, -0.2) is 9.97 Å². The molecule has 2 aromatic rings. The van der Waals surface area contributed by atoms with E-state index in [2.05, 4.69) is 9.97 Å². The van der Waals surface area contributed by atoms with Crippen LogP contribution < -0.4 is 0 Å². The number of aliphatic hydroxyl groups excluding tert-OH is 1. The Balaban J connectivity index is 2.43. The Bertz CT molecular complexity index is 543. The van der Waals surface area contributed by atoms with Crippen molar-refractivity contribution in [2.75, 3.05) is 12.4 Å². The van der Waals surface area contributed by atoms with Gasteiger partial charge in [0, 0.05) is 5.75 Å². The maximum Gasteiger partial charge on any atom is 0.433 e. The highest BCUT2D eigenvalue weighted by atomic mass is 32.2. The summed E-state index contributed by atoms with van der Waals surface area (Å²) in [5.74, 6) is 0.255. The van der Waals surface area contributed by atoms with E-state index >= 15 is 0 Å². The van der Waals surface area contributed by atoms with Gasteiger partial charge in [0.05, 0.1) is 17.2 Å². The van der Waals surface area contributed by atoms with E-state index in [-0.39, 0.29) is 23.2 Å². The summed E-state index contributed by atoms with van der Waals surface area (Å²) in [5, 5.41) is 10.5. The molecule has 0 atom stereocenters. The second-order valence-electron chi connectivity index (χ2n) is 3.47. The van der Waals surface area contributed by atoms with Crippen LogP contribution in [0.3, 0.4) is 0 Å². The zero-order valence-electron chi connectivity index (χ0n) is 9.52. The van der Waals surface area contributed by atoms with Gasteiger partial charge in [-0.1, -0.05) is 17.8 Å². The van der Waals surface area contributed by atoms with Crippen molar-refractivity contribution in [3.63, 3.8) is 0 Å². The van der Waals surface area contributed by atoms with Crippen LogP contribution >= 0.6 is 23.1 Å². The van der Waals surface area contributed by atoms with Crippen LogP contribution in [0, 0.1) is 0 Å². The fourth-order valence-electron chi connectivity index (χ4n) is 1.32. The molecule has 0 spiro atoms. The van der Waals surface area contributed by atoms with Gasteiger partial charge < -0.3 is 5.11 Å². The minimum atomic E-state index is -4.51. The van der Waals surface area contributed by atoms with Gasteiger partial charge in [-0.3, -0.25) is 0 Å². The highest BCUT2D eigenvalue weighted by Gasteiger charge is 2.33. The number of hydrogen-bond donors (Lipinski definition) is 1. The second kappa shape index (κ2) is 5.89. The molecule has 0 aliphatic rings. The predicted octanol–water partition coefficient (Wildman–Crippen LogP) is 3.31. The lowest BCUT2D eigenvalue weighted by atomic mass is 10.3. The minimum absolute atomic E-state index is 0.0206. The fraction of sp³-hybridized carbons (Fsp3) is 0.273. The summed E-state index contributed by atoms with van der Waals surface area (Å²) in [6.07, 6.45) is -4.51. The van der Waals surface area contributed by atoms with Gasteiger partial charge >= 0.3 is 6.18 Å². The van der Waals surface area contributed by atoms with E-state index in [4.69, 9.17) is 5.11 Å². The van der Waals surface area contributed by atoms with Gasteiger partial charge in [-0.2, -0.15) is 13.2 Å². The predicted molar refractivity (Wildman–Crippen MR) is 68.2 cm³/mol. The molecule has 8 heteroatoms. The first-order valence-corrected chi connectivity index (χ1v) is 7.11. The summed E-state index contributed by atoms with van der Waals surface area (Å²) in [4.78, 5) is 8.20. The molecule has 0 saturated heterocycles. The molecule has 2 heterocycles. The van der Waals surface area contributed by atoms with Crippen LogP contribution in [-0.4, -0.2) is 27.4 Å². The van der Waals surface area contributed by atoms with Gasteiger partial charge in [-0.05, 0) is 17.5 Å². The molecule has 3 nitrogen and oxygen atoms in total. The number of nitrogens with zero attached hydrogens (tertiary/aromatic N) is 2. The van der Waals surface area contributed by atoms with E-state index in [0.29, 0.717) is 4.88 Å². The smallest absolute Gasteiger partial charge is 0.396 e. The van der Waals surface area contributed by atoms with E-state index in [1.165, 1.54) is 11.3 Å². The molecule has 0 saturated carbocycles.